The molecule has 1 atom stereocenters. The number of ketones is 1. The highest BCUT2D eigenvalue weighted by atomic mass is 16.5. The highest BCUT2D eigenvalue weighted by Gasteiger charge is 2.14. The molecule has 0 radical (unpaired) electrons. The fraction of sp³-hybridized carbons (Fsp3) is 0.533. The Hall–Kier alpha value is -1.89. The number of carbonyl (C=O) groups excluding carboxylic acids is 2. The van der Waals surface area contributed by atoms with Gasteiger partial charge in [-0.05, 0) is 30.8 Å². The average molecular weight is 263 g/mol. The summed E-state index contributed by atoms with van der Waals surface area (Å²) in [6, 6.07) is 0. The molecule has 1 unspecified atom stereocenters. The molecule has 104 valence electrons. The van der Waals surface area contributed by atoms with Crippen molar-refractivity contribution in [3.8, 4) is 12.3 Å². The lowest BCUT2D eigenvalue weighted by Crippen LogP contribution is -2.15. The molecule has 0 aromatic carbocycles. The van der Waals surface area contributed by atoms with Crippen molar-refractivity contribution in [2.75, 3.05) is 7.11 Å². The third-order valence-electron chi connectivity index (χ3n) is 2.80. The van der Waals surface area contributed by atoms with Crippen LogP contribution in [0.5, 0.6) is 0 Å². The third kappa shape index (κ3) is 7.20. The zero-order valence-electron chi connectivity index (χ0n) is 11.6. The van der Waals surface area contributed by atoms with Crippen molar-refractivity contribution in [2.24, 2.45) is 5.92 Å². The Bertz CT molecular complexity index is 404. The number of hydrogen-bond acceptors (Lipinski definition) is 4. The zero-order valence-corrected chi connectivity index (χ0v) is 11.6. The summed E-state index contributed by atoms with van der Waals surface area (Å²) < 4.78 is 4.45. The number of ether oxygens (including phenoxy) is 1. The van der Waals surface area contributed by atoms with Gasteiger partial charge in [0.1, 0.15) is 5.71 Å². The summed E-state index contributed by atoms with van der Waals surface area (Å²) >= 11 is 0. The van der Waals surface area contributed by atoms with Crippen LogP contribution in [-0.2, 0) is 14.3 Å². The van der Waals surface area contributed by atoms with Crippen molar-refractivity contribution >= 4 is 17.5 Å². The lowest BCUT2D eigenvalue weighted by molar-refractivity contribution is -0.133. The van der Waals surface area contributed by atoms with Crippen LogP contribution < -0.4 is 0 Å². The molecule has 0 aromatic heterocycles. The molecule has 4 nitrogen and oxygen atoms in total. The van der Waals surface area contributed by atoms with Crippen LogP contribution in [0, 0.1) is 23.7 Å². The Kier molecular flexibility index (Phi) is 8.19. The number of rotatable bonds is 9. The first-order chi connectivity index (χ1) is 8.92. The number of terminal acetylenes is 1. The maximum absolute atomic E-state index is 11.6. The van der Waals surface area contributed by atoms with Crippen LogP contribution in [-0.4, -0.2) is 24.6 Å². The predicted octanol–water partition coefficient (Wildman–Crippen LogP) is 2.52. The third-order valence-corrected chi connectivity index (χ3v) is 2.80. The Morgan fingerprint density at radius 3 is 2.58 bits per heavy atom. The maximum atomic E-state index is 11.6. The van der Waals surface area contributed by atoms with Gasteiger partial charge in [0.05, 0.1) is 7.11 Å². The number of carbonyl (C=O) groups is 2. The summed E-state index contributed by atoms with van der Waals surface area (Å²) in [4.78, 5) is 22.7. The standard InChI is InChI=1S/C15H21NO3/c1-5-6-7-14(17)12(3)10-11(2)8-9-13(16)15(18)19-4/h1,11,16H,3,6-10H2,2,4H3. The second kappa shape index (κ2) is 9.09. The van der Waals surface area contributed by atoms with Crippen molar-refractivity contribution in [3.63, 3.8) is 0 Å². The molecule has 0 heterocycles. The van der Waals surface area contributed by atoms with Crippen LogP contribution in [0.2, 0.25) is 0 Å². The van der Waals surface area contributed by atoms with Crippen molar-refractivity contribution < 1.29 is 14.3 Å². The fourth-order valence-corrected chi connectivity index (χ4v) is 1.62. The van der Waals surface area contributed by atoms with Crippen LogP contribution in [0.1, 0.15) is 39.0 Å². The fourth-order valence-electron chi connectivity index (χ4n) is 1.62. The summed E-state index contributed by atoms with van der Waals surface area (Å²) in [5, 5.41) is 7.46. The average Bonchev–Trinajstić information content (AvgIpc) is 2.40. The minimum atomic E-state index is -0.601. The second-order valence-corrected chi connectivity index (χ2v) is 4.55. The molecule has 0 saturated carbocycles. The lowest BCUT2D eigenvalue weighted by Gasteiger charge is -2.12. The van der Waals surface area contributed by atoms with E-state index in [2.05, 4.69) is 17.2 Å². The topological polar surface area (TPSA) is 67.2 Å². The van der Waals surface area contributed by atoms with Gasteiger partial charge in [-0.2, -0.15) is 0 Å². The number of nitrogens with one attached hydrogen (secondary N) is 1. The number of methoxy groups -OCH3 is 1. The number of esters is 1. The van der Waals surface area contributed by atoms with Crippen molar-refractivity contribution in [3.05, 3.63) is 12.2 Å². The van der Waals surface area contributed by atoms with Crippen LogP contribution in [0.4, 0.5) is 0 Å². The maximum Gasteiger partial charge on any atom is 0.351 e. The zero-order chi connectivity index (χ0) is 14.8. The number of Topliss-reactive ketones (excluding diaryl/α,β-unsaturated/α-hetero) is 1. The highest BCUT2D eigenvalue weighted by Crippen LogP contribution is 2.17. The minimum Gasteiger partial charge on any atom is -0.465 e. The summed E-state index contributed by atoms with van der Waals surface area (Å²) in [5.74, 6) is 2.00. The molecule has 1 N–H and O–H groups in total. The molecule has 0 amide bonds. The van der Waals surface area contributed by atoms with E-state index >= 15 is 0 Å². The summed E-state index contributed by atoms with van der Waals surface area (Å²) in [6.07, 6.45) is 7.43. The van der Waals surface area contributed by atoms with Crippen LogP contribution in [0.3, 0.4) is 0 Å². The highest BCUT2D eigenvalue weighted by molar-refractivity contribution is 6.34. The van der Waals surface area contributed by atoms with Crippen LogP contribution >= 0.6 is 0 Å². The lowest BCUT2D eigenvalue weighted by atomic mass is 9.93. The first-order valence-electron chi connectivity index (χ1n) is 6.22. The monoisotopic (exact) mass is 263 g/mol. The normalized spacial score (nSPS) is 11.2. The van der Waals surface area contributed by atoms with Crippen molar-refractivity contribution in [2.45, 2.75) is 39.0 Å². The summed E-state index contributed by atoms with van der Waals surface area (Å²) in [7, 11) is 1.26. The van der Waals surface area contributed by atoms with Gasteiger partial charge >= 0.3 is 5.97 Å². The van der Waals surface area contributed by atoms with E-state index in [0.29, 0.717) is 37.7 Å². The molecule has 4 heteroatoms. The molecule has 0 aliphatic heterocycles. The Labute approximate surface area is 114 Å². The van der Waals surface area contributed by atoms with Gasteiger partial charge < -0.3 is 4.74 Å². The van der Waals surface area contributed by atoms with Gasteiger partial charge in [-0.3, -0.25) is 10.2 Å². The predicted molar refractivity (Wildman–Crippen MR) is 75.0 cm³/mol. The molecule has 19 heavy (non-hydrogen) atoms. The van der Waals surface area contributed by atoms with Crippen molar-refractivity contribution in [1.82, 2.24) is 0 Å². The van der Waals surface area contributed by atoms with E-state index in [1.807, 2.05) is 6.92 Å². The van der Waals surface area contributed by atoms with Gasteiger partial charge in [-0.25, -0.2) is 4.79 Å². The van der Waals surface area contributed by atoms with E-state index in [0.717, 1.165) is 0 Å². The molecule has 0 aromatic rings. The SMILES string of the molecule is C#CCCC(=O)C(=C)CC(C)CCC(=N)C(=O)OC. The Morgan fingerprint density at radius 1 is 1.42 bits per heavy atom. The van der Waals surface area contributed by atoms with E-state index in [4.69, 9.17) is 11.8 Å². The summed E-state index contributed by atoms with van der Waals surface area (Å²) in [5.41, 5.74) is 0.519. The first-order valence-corrected chi connectivity index (χ1v) is 6.22. The van der Waals surface area contributed by atoms with E-state index in [1.165, 1.54) is 7.11 Å². The number of hydrogen-bond donors (Lipinski definition) is 1. The Morgan fingerprint density at radius 2 is 2.05 bits per heavy atom. The molecule has 0 bridgehead atoms. The van der Waals surface area contributed by atoms with Gasteiger partial charge in [0.15, 0.2) is 5.78 Å². The van der Waals surface area contributed by atoms with E-state index in [9.17, 15) is 9.59 Å². The molecule has 0 saturated heterocycles. The molecule has 0 aliphatic carbocycles. The molecule has 0 spiro atoms. The second-order valence-electron chi connectivity index (χ2n) is 4.55. The van der Waals surface area contributed by atoms with Gasteiger partial charge in [0, 0.05) is 12.8 Å². The number of allylic oxidation sites excluding steroid dienone is 1. The summed E-state index contributed by atoms with van der Waals surface area (Å²) in [6.45, 7) is 5.72. The molecule has 0 rings (SSSR count). The quantitative estimate of drug-likeness (QED) is 0.301. The van der Waals surface area contributed by atoms with E-state index in [-0.39, 0.29) is 17.4 Å². The molecular weight excluding hydrogens is 242 g/mol. The van der Waals surface area contributed by atoms with Gasteiger partial charge in [0.2, 0.25) is 0 Å². The van der Waals surface area contributed by atoms with E-state index < -0.39 is 5.97 Å². The molecule has 0 fully saturated rings. The van der Waals surface area contributed by atoms with Gasteiger partial charge in [-0.1, -0.05) is 13.5 Å². The van der Waals surface area contributed by atoms with E-state index in [1.54, 1.807) is 0 Å². The Balaban J connectivity index is 4.04. The van der Waals surface area contributed by atoms with Crippen molar-refractivity contribution in [1.29, 1.82) is 5.41 Å². The van der Waals surface area contributed by atoms with Crippen LogP contribution in [0.25, 0.3) is 0 Å². The van der Waals surface area contributed by atoms with Crippen LogP contribution in [0.15, 0.2) is 12.2 Å². The molecular formula is C15H21NO3. The smallest absolute Gasteiger partial charge is 0.351 e. The van der Waals surface area contributed by atoms with Gasteiger partial charge in [0.25, 0.3) is 0 Å². The first kappa shape index (κ1) is 17.1. The largest absolute Gasteiger partial charge is 0.465 e. The van der Waals surface area contributed by atoms with Gasteiger partial charge in [-0.15, -0.1) is 12.3 Å². The molecule has 0 aliphatic rings. The minimum absolute atomic E-state index is 0.00663.